The van der Waals surface area contributed by atoms with Gasteiger partial charge in [0.15, 0.2) is 0 Å². The number of hydrogen-bond donors (Lipinski definition) is 1. The number of thiophene rings is 1. The van der Waals surface area contributed by atoms with Crippen molar-refractivity contribution < 1.29 is 4.74 Å². The average Bonchev–Trinajstić information content (AvgIpc) is 2.82. The van der Waals surface area contributed by atoms with E-state index < -0.39 is 0 Å². The van der Waals surface area contributed by atoms with Gasteiger partial charge in [-0.2, -0.15) is 0 Å². The van der Waals surface area contributed by atoms with Crippen molar-refractivity contribution in [2.24, 2.45) is 5.92 Å². The van der Waals surface area contributed by atoms with Crippen molar-refractivity contribution in [3.63, 3.8) is 0 Å². The normalized spacial score (nSPS) is 27.9. The SMILES string of the molecule is Brc1csc(C2(CC3CCNC3)COC2)c1. The molecular formula is C12H16BrNOS. The molecule has 0 saturated carbocycles. The fraction of sp³-hybridized carbons (Fsp3) is 0.667. The van der Waals surface area contributed by atoms with E-state index in [0.717, 1.165) is 19.1 Å². The third kappa shape index (κ3) is 1.96. The van der Waals surface area contributed by atoms with Crippen LogP contribution in [0, 0.1) is 5.92 Å². The number of nitrogens with one attached hydrogen (secondary N) is 1. The van der Waals surface area contributed by atoms with E-state index in [2.05, 4.69) is 32.7 Å². The topological polar surface area (TPSA) is 21.3 Å². The van der Waals surface area contributed by atoms with Crippen LogP contribution >= 0.6 is 27.3 Å². The second-order valence-electron chi connectivity index (χ2n) is 4.97. The Bertz CT molecular complexity index is 369. The molecule has 3 rings (SSSR count). The van der Waals surface area contributed by atoms with Crippen LogP contribution in [0.4, 0.5) is 0 Å². The maximum absolute atomic E-state index is 5.48. The molecule has 16 heavy (non-hydrogen) atoms. The highest BCUT2D eigenvalue weighted by Gasteiger charge is 2.43. The highest BCUT2D eigenvalue weighted by atomic mass is 79.9. The summed E-state index contributed by atoms with van der Waals surface area (Å²) in [7, 11) is 0. The predicted octanol–water partition coefficient (Wildman–Crippen LogP) is 2.78. The first-order valence-electron chi connectivity index (χ1n) is 5.81. The van der Waals surface area contributed by atoms with E-state index in [1.807, 2.05) is 11.3 Å². The van der Waals surface area contributed by atoms with Crippen LogP contribution in [0.5, 0.6) is 0 Å². The summed E-state index contributed by atoms with van der Waals surface area (Å²) in [6, 6.07) is 2.27. The van der Waals surface area contributed by atoms with Gasteiger partial charge < -0.3 is 10.1 Å². The molecule has 1 aromatic heterocycles. The van der Waals surface area contributed by atoms with Gasteiger partial charge in [0.05, 0.1) is 18.6 Å². The van der Waals surface area contributed by atoms with Gasteiger partial charge in [0.2, 0.25) is 0 Å². The lowest BCUT2D eigenvalue weighted by Crippen LogP contribution is -2.47. The van der Waals surface area contributed by atoms with Gasteiger partial charge in [-0.3, -0.25) is 0 Å². The van der Waals surface area contributed by atoms with Gasteiger partial charge >= 0.3 is 0 Å². The van der Waals surface area contributed by atoms with E-state index in [0.29, 0.717) is 5.41 Å². The Kier molecular flexibility index (Phi) is 3.09. The molecule has 1 unspecified atom stereocenters. The quantitative estimate of drug-likeness (QED) is 0.927. The van der Waals surface area contributed by atoms with Crippen molar-refractivity contribution in [2.75, 3.05) is 26.3 Å². The second-order valence-corrected chi connectivity index (χ2v) is 6.79. The summed E-state index contributed by atoms with van der Waals surface area (Å²) in [5, 5.41) is 5.64. The summed E-state index contributed by atoms with van der Waals surface area (Å²) in [6.07, 6.45) is 2.61. The predicted molar refractivity (Wildman–Crippen MR) is 70.1 cm³/mol. The van der Waals surface area contributed by atoms with E-state index in [9.17, 15) is 0 Å². The Labute approximate surface area is 109 Å². The summed E-state index contributed by atoms with van der Waals surface area (Å²) in [6.45, 7) is 4.21. The molecule has 2 nitrogen and oxygen atoms in total. The first kappa shape index (κ1) is 11.2. The van der Waals surface area contributed by atoms with Gasteiger partial charge in [0, 0.05) is 14.7 Å². The van der Waals surface area contributed by atoms with E-state index >= 15 is 0 Å². The molecule has 1 atom stereocenters. The Hall–Kier alpha value is 0.1000. The smallest absolute Gasteiger partial charge is 0.0593 e. The van der Waals surface area contributed by atoms with Crippen LogP contribution in [-0.2, 0) is 10.2 Å². The van der Waals surface area contributed by atoms with Gasteiger partial charge in [0.1, 0.15) is 0 Å². The lowest BCUT2D eigenvalue weighted by atomic mass is 9.76. The average molecular weight is 302 g/mol. The van der Waals surface area contributed by atoms with E-state index in [-0.39, 0.29) is 0 Å². The number of hydrogen-bond acceptors (Lipinski definition) is 3. The first-order chi connectivity index (χ1) is 7.78. The Morgan fingerprint density at radius 3 is 2.94 bits per heavy atom. The third-order valence-electron chi connectivity index (χ3n) is 3.69. The minimum absolute atomic E-state index is 0.327. The number of rotatable bonds is 3. The van der Waals surface area contributed by atoms with Crippen LogP contribution in [0.2, 0.25) is 0 Å². The molecular weight excluding hydrogens is 286 g/mol. The van der Waals surface area contributed by atoms with Crippen molar-refractivity contribution in [1.82, 2.24) is 5.32 Å². The summed E-state index contributed by atoms with van der Waals surface area (Å²) >= 11 is 5.42. The van der Waals surface area contributed by atoms with E-state index in [1.54, 1.807) is 0 Å². The molecule has 1 N–H and O–H groups in total. The fourth-order valence-corrected chi connectivity index (χ4v) is 4.36. The summed E-state index contributed by atoms with van der Waals surface area (Å²) < 4.78 is 6.69. The molecule has 0 aromatic carbocycles. The van der Waals surface area contributed by atoms with Crippen LogP contribution in [-0.4, -0.2) is 26.3 Å². The molecule has 2 fully saturated rings. The van der Waals surface area contributed by atoms with Crippen molar-refractivity contribution in [3.05, 3.63) is 20.8 Å². The zero-order valence-electron chi connectivity index (χ0n) is 9.17. The number of halogens is 1. The fourth-order valence-electron chi connectivity index (χ4n) is 2.74. The zero-order chi connectivity index (χ0) is 11.0. The molecule has 0 aliphatic carbocycles. The van der Waals surface area contributed by atoms with Crippen molar-refractivity contribution in [2.45, 2.75) is 18.3 Å². The maximum Gasteiger partial charge on any atom is 0.0593 e. The second kappa shape index (κ2) is 4.41. The van der Waals surface area contributed by atoms with Crippen LogP contribution in [0.25, 0.3) is 0 Å². The van der Waals surface area contributed by atoms with E-state index in [1.165, 1.54) is 35.3 Å². The Morgan fingerprint density at radius 2 is 2.44 bits per heavy atom. The summed E-state index contributed by atoms with van der Waals surface area (Å²) in [5.41, 5.74) is 0.327. The molecule has 2 saturated heterocycles. The maximum atomic E-state index is 5.48. The van der Waals surface area contributed by atoms with E-state index in [4.69, 9.17) is 4.74 Å². The van der Waals surface area contributed by atoms with Crippen molar-refractivity contribution in [1.29, 1.82) is 0 Å². The molecule has 0 spiro atoms. The molecule has 2 aliphatic rings. The van der Waals surface area contributed by atoms with Gasteiger partial charge in [-0.25, -0.2) is 0 Å². The zero-order valence-corrected chi connectivity index (χ0v) is 11.6. The molecule has 0 amide bonds. The summed E-state index contributed by atoms with van der Waals surface area (Å²) in [4.78, 5) is 1.50. The molecule has 1 aromatic rings. The standard InChI is InChI=1S/C12H16BrNOS/c13-10-3-11(16-6-10)12(7-15-8-12)4-9-1-2-14-5-9/h3,6,9,14H,1-2,4-5,7-8H2. The minimum Gasteiger partial charge on any atom is -0.379 e. The minimum atomic E-state index is 0.327. The molecule has 0 bridgehead atoms. The lowest BCUT2D eigenvalue weighted by molar-refractivity contribution is -0.0687. The van der Waals surface area contributed by atoms with Crippen LogP contribution in [0.3, 0.4) is 0 Å². The lowest BCUT2D eigenvalue weighted by Gasteiger charge is -2.42. The molecule has 2 aliphatic heterocycles. The molecule has 3 heterocycles. The molecule has 4 heteroatoms. The highest BCUT2D eigenvalue weighted by molar-refractivity contribution is 9.10. The first-order valence-corrected chi connectivity index (χ1v) is 7.49. The Morgan fingerprint density at radius 1 is 1.56 bits per heavy atom. The van der Waals surface area contributed by atoms with Crippen molar-refractivity contribution in [3.8, 4) is 0 Å². The largest absolute Gasteiger partial charge is 0.379 e. The van der Waals surface area contributed by atoms with Crippen LogP contribution in [0.15, 0.2) is 15.9 Å². The van der Waals surface area contributed by atoms with Gasteiger partial charge in [0.25, 0.3) is 0 Å². The van der Waals surface area contributed by atoms with Gasteiger partial charge in [-0.1, -0.05) is 0 Å². The van der Waals surface area contributed by atoms with Gasteiger partial charge in [-0.15, -0.1) is 11.3 Å². The highest BCUT2D eigenvalue weighted by Crippen LogP contribution is 2.43. The molecule has 88 valence electrons. The molecule has 0 radical (unpaired) electrons. The Balaban J connectivity index is 1.77. The third-order valence-corrected chi connectivity index (χ3v) is 5.63. The monoisotopic (exact) mass is 301 g/mol. The number of ether oxygens (including phenoxy) is 1. The van der Waals surface area contributed by atoms with Crippen molar-refractivity contribution >= 4 is 27.3 Å². The van der Waals surface area contributed by atoms with Gasteiger partial charge in [-0.05, 0) is 53.8 Å². The van der Waals surface area contributed by atoms with Crippen LogP contribution < -0.4 is 5.32 Å². The van der Waals surface area contributed by atoms with Crippen LogP contribution in [0.1, 0.15) is 17.7 Å². The summed E-state index contributed by atoms with van der Waals surface area (Å²) in [5.74, 6) is 0.838.